The van der Waals surface area contributed by atoms with Gasteiger partial charge in [0, 0.05) is 36.3 Å². The van der Waals surface area contributed by atoms with Gasteiger partial charge in [-0.15, -0.1) is 0 Å². The average molecular weight is 308 g/mol. The van der Waals surface area contributed by atoms with E-state index in [1.54, 1.807) is 0 Å². The first-order valence-electron chi connectivity index (χ1n) is 6.41. The summed E-state index contributed by atoms with van der Waals surface area (Å²) >= 11 is 3.47. The van der Waals surface area contributed by atoms with Gasteiger partial charge in [0.25, 0.3) is 0 Å². The number of piperazine rings is 1. The van der Waals surface area contributed by atoms with Crippen molar-refractivity contribution >= 4 is 21.6 Å². The summed E-state index contributed by atoms with van der Waals surface area (Å²) in [5.74, 6) is 0. The lowest BCUT2D eigenvalue weighted by molar-refractivity contribution is 0.258. The third-order valence-electron chi connectivity index (χ3n) is 3.29. The number of rotatable bonds is 3. The third kappa shape index (κ3) is 3.24. The molecule has 1 saturated heterocycles. The van der Waals surface area contributed by atoms with Crippen molar-refractivity contribution in [1.29, 1.82) is 5.26 Å². The highest BCUT2D eigenvalue weighted by Gasteiger charge is 2.17. The van der Waals surface area contributed by atoms with E-state index in [4.69, 9.17) is 5.26 Å². The molecule has 3 nitrogen and oxygen atoms in total. The maximum Gasteiger partial charge on any atom is 0.0992 e. The van der Waals surface area contributed by atoms with Gasteiger partial charge in [-0.1, -0.05) is 22.9 Å². The predicted octanol–water partition coefficient (Wildman–Crippen LogP) is 2.85. The number of hydrogen-bond donors (Lipinski definition) is 0. The Bertz CT molecular complexity index is 445. The zero-order valence-electron chi connectivity index (χ0n) is 10.7. The Kier molecular flexibility index (Phi) is 4.62. The zero-order valence-corrected chi connectivity index (χ0v) is 12.3. The second-order valence-electron chi connectivity index (χ2n) is 4.64. The Morgan fingerprint density at radius 2 is 1.94 bits per heavy atom. The zero-order chi connectivity index (χ0) is 13.0. The van der Waals surface area contributed by atoms with Crippen LogP contribution in [0, 0.1) is 11.3 Å². The lowest BCUT2D eigenvalue weighted by Crippen LogP contribution is -2.46. The van der Waals surface area contributed by atoms with Gasteiger partial charge >= 0.3 is 0 Å². The summed E-state index contributed by atoms with van der Waals surface area (Å²) in [6.07, 6.45) is 1.22. The van der Waals surface area contributed by atoms with Gasteiger partial charge in [-0.3, -0.25) is 4.90 Å². The lowest BCUT2D eigenvalue weighted by Gasteiger charge is -2.36. The van der Waals surface area contributed by atoms with Crippen LogP contribution >= 0.6 is 15.9 Å². The second-order valence-corrected chi connectivity index (χ2v) is 5.55. The van der Waals surface area contributed by atoms with Crippen molar-refractivity contribution < 1.29 is 0 Å². The van der Waals surface area contributed by atoms with Gasteiger partial charge in [0.2, 0.25) is 0 Å². The highest BCUT2D eigenvalue weighted by atomic mass is 79.9. The molecule has 0 amide bonds. The van der Waals surface area contributed by atoms with Crippen LogP contribution in [0.2, 0.25) is 0 Å². The van der Waals surface area contributed by atoms with E-state index in [0.29, 0.717) is 0 Å². The minimum absolute atomic E-state index is 0.718. The molecule has 0 radical (unpaired) electrons. The molecule has 18 heavy (non-hydrogen) atoms. The summed E-state index contributed by atoms with van der Waals surface area (Å²) in [7, 11) is 0. The fourth-order valence-electron chi connectivity index (χ4n) is 2.37. The standard InChI is InChI=1S/C14H18BrN3/c1-2-3-17-4-6-18(7-5-17)14-9-12(11-16)8-13(15)10-14/h8-10H,2-7H2,1H3. The van der Waals surface area contributed by atoms with Gasteiger partial charge in [-0.25, -0.2) is 0 Å². The Balaban J connectivity index is 2.05. The smallest absolute Gasteiger partial charge is 0.0992 e. The minimum Gasteiger partial charge on any atom is -0.369 e. The van der Waals surface area contributed by atoms with E-state index in [1.165, 1.54) is 13.0 Å². The molecule has 1 aliphatic rings. The fraction of sp³-hybridized carbons (Fsp3) is 0.500. The van der Waals surface area contributed by atoms with E-state index >= 15 is 0 Å². The molecular formula is C14H18BrN3. The van der Waals surface area contributed by atoms with Gasteiger partial charge in [0.1, 0.15) is 0 Å². The highest BCUT2D eigenvalue weighted by Crippen LogP contribution is 2.23. The molecule has 0 N–H and O–H groups in total. The van der Waals surface area contributed by atoms with Crippen LogP contribution in [-0.4, -0.2) is 37.6 Å². The molecule has 0 aromatic heterocycles. The van der Waals surface area contributed by atoms with Gasteiger partial charge < -0.3 is 4.90 Å². The van der Waals surface area contributed by atoms with Crippen molar-refractivity contribution in [3.8, 4) is 6.07 Å². The molecule has 2 rings (SSSR count). The normalized spacial score (nSPS) is 16.6. The monoisotopic (exact) mass is 307 g/mol. The summed E-state index contributed by atoms with van der Waals surface area (Å²) in [5, 5.41) is 9.00. The van der Waals surface area contributed by atoms with Crippen molar-refractivity contribution in [2.75, 3.05) is 37.6 Å². The maximum atomic E-state index is 9.00. The Morgan fingerprint density at radius 3 is 2.56 bits per heavy atom. The molecule has 96 valence electrons. The molecule has 4 heteroatoms. The number of halogens is 1. The molecule has 1 fully saturated rings. The Hall–Kier alpha value is -1.05. The van der Waals surface area contributed by atoms with Crippen molar-refractivity contribution in [2.24, 2.45) is 0 Å². The molecule has 0 saturated carbocycles. The van der Waals surface area contributed by atoms with E-state index in [2.05, 4.69) is 44.8 Å². The SMILES string of the molecule is CCCN1CCN(c2cc(Br)cc(C#N)c2)CC1. The topological polar surface area (TPSA) is 30.3 Å². The van der Waals surface area contributed by atoms with E-state index in [-0.39, 0.29) is 0 Å². The number of benzene rings is 1. The highest BCUT2D eigenvalue weighted by molar-refractivity contribution is 9.10. The summed E-state index contributed by atoms with van der Waals surface area (Å²) in [4.78, 5) is 4.86. The van der Waals surface area contributed by atoms with Crippen LogP contribution in [0.25, 0.3) is 0 Å². The van der Waals surface area contributed by atoms with E-state index in [0.717, 1.165) is 41.9 Å². The molecule has 0 aliphatic carbocycles. The first-order chi connectivity index (χ1) is 8.72. The van der Waals surface area contributed by atoms with Crippen molar-refractivity contribution in [3.05, 3.63) is 28.2 Å². The first-order valence-corrected chi connectivity index (χ1v) is 7.20. The summed E-state index contributed by atoms with van der Waals surface area (Å²) < 4.78 is 0.979. The van der Waals surface area contributed by atoms with Gasteiger partial charge in [-0.2, -0.15) is 5.26 Å². The second kappa shape index (κ2) is 6.21. The summed E-state index contributed by atoms with van der Waals surface area (Å²) in [5.41, 5.74) is 1.87. The molecule has 1 aromatic carbocycles. The molecule has 1 aromatic rings. The van der Waals surface area contributed by atoms with E-state index in [1.807, 2.05) is 12.1 Å². The molecular weight excluding hydrogens is 290 g/mol. The van der Waals surface area contributed by atoms with E-state index < -0.39 is 0 Å². The molecule has 1 heterocycles. The molecule has 0 spiro atoms. The lowest BCUT2D eigenvalue weighted by atomic mass is 10.2. The van der Waals surface area contributed by atoms with Crippen LogP contribution in [0.3, 0.4) is 0 Å². The van der Waals surface area contributed by atoms with Gasteiger partial charge in [-0.05, 0) is 31.2 Å². The molecule has 0 bridgehead atoms. The van der Waals surface area contributed by atoms with Crippen molar-refractivity contribution in [3.63, 3.8) is 0 Å². The number of nitrogens with zero attached hydrogens (tertiary/aromatic N) is 3. The molecule has 1 aliphatic heterocycles. The van der Waals surface area contributed by atoms with Crippen molar-refractivity contribution in [2.45, 2.75) is 13.3 Å². The Morgan fingerprint density at radius 1 is 1.22 bits per heavy atom. The van der Waals surface area contributed by atoms with Crippen LogP contribution in [0.15, 0.2) is 22.7 Å². The maximum absolute atomic E-state index is 9.00. The molecule has 0 atom stereocenters. The van der Waals surface area contributed by atoms with Crippen LogP contribution < -0.4 is 4.90 Å². The fourth-order valence-corrected chi connectivity index (χ4v) is 2.85. The summed E-state index contributed by atoms with van der Waals surface area (Å²) in [6.45, 7) is 7.72. The van der Waals surface area contributed by atoms with Crippen LogP contribution in [-0.2, 0) is 0 Å². The van der Waals surface area contributed by atoms with Crippen LogP contribution in [0.1, 0.15) is 18.9 Å². The van der Waals surface area contributed by atoms with Gasteiger partial charge in [0.05, 0.1) is 11.6 Å². The third-order valence-corrected chi connectivity index (χ3v) is 3.75. The average Bonchev–Trinajstić information content (AvgIpc) is 2.39. The number of anilines is 1. The first kappa shape index (κ1) is 13.4. The quantitative estimate of drug-likeness (QED) is 0.860. The largest absolute Gasteiger partial charge is 0.369 e. The van der Waals surface area contributed by atoms with E-state index in [9.17, 15) is 0 Å². The van der Waals surface area contributed by atoms with Crippen molar-refractivity contribution in [1.82, 2.24) is 4.90 Å². The van der Waals surface area contributed by atoms with Crippen LogP contribution in [0.4, 0.5) is 5.69 Å². The number of hydrogen-bond acceptors (Lipinski definition) is 3. The Labute approximate surface area is 117 Å². The molecule has 0 unspecified atom stereocenters. The van der Waals surface area contributed by atoms with Crippen LogP contribution in [0.5, 0.6) is 0 Å². The van der Waals surface area contributed by atoms with Gasteiger partial charge in [0.15, 0.2) is 0 Å². The minimum atomic E-state index is 0.718. The summed E-state index contributed by atoms with van der Waals surface area (Å²) in [6, 6.07) is 8.13. The number of nitriles is 1. The predicted molar refractivity (Wildman–Crippen MR) is 77.8 cm³/mol.